The quantitative estimate of drug-likeness (QED) is 0.654. The second-order valence-electron chi connectivity index (χ2n) is 6.21. The van der Waals surface area contributed by atoms with E-state index in [0.29, 0.717) is 10.8 Å². The van der Waals surface area contributed by atoms with Gasteiger partial charge in [0.15, 0.2) is 10.3 Å². The van der Waals surface area contributed by atoms with Gasteiger partial charge < -0.3 is 10.6 Å². The lowest BCUT2D eigenvalue weighted by Gasteiger charge is -2.09. The molecule has 2 N–H and O–H groups in total. The third-order valence-corrected chi connectivity index (χ3v) is 5.28. The summed E-state index contributed by atoms with van der Waals surface area (Å²) >= 11 is 7.53. The molecule has 0 spiro atoms. The third-order valence-electron chi connectivity index (χ3n) is 4.05. The van der Waals surface area contributed by atoms with E-state index in [2.05, 4.69) is 20.6 Å². The minimum Gasteiger partial charge on any atom is -0.323 e. The van der Waals surface area contributed by atoms with E-state index in [1.807, 2.05) is 24.3 Å². The maximum Gasteiger partial charge on any atom is 0.227 e. The van der Waals surface area contributed by atoms with Crippen molar-refractivity contribution in [3.8, 4) is 11.1 Å². The molecule has 0 bridgehead atoms. The van der Waals surface area contributed by atoms with E-state index in [4.69, 9.17) is 11.6 Å². The highest BCUT2D eigenvalue weighted by Crippen LogP contribution is 2.34. The molecular formula is C18H15ClN4O2S. The summed E-state index contributed by atoms with van der Waals surface area (Å²) < 4.78 is 0.949. The number of hydrogen-bond donors (Lipinski definition) is 2. The van der Waals surface area contributed by atoms with Crippen molar-refractivity contribution in [3.63, 3.8) is 0 Å². The van der Waals surface area contributed by atoms with Crippen LogP contribution in [0.5, 0.6) is 0 Å². The van der Waals surface area contributed by atoms with E-state index < -0.39 is 0 Å². The van der Waals surface area contributed by atoms with Crippen molar-refractivity contribution in [3.05, 3.63) is 35.6 Å². The van der Waals surface area contributed by atoms with Crippen molar-refractivity contribution in [1.82, 2.24) is 9.97 Å². The Kier molecular flexibility index (Phi) is 4.34. The van der Waals surface area contributed by atoms with Gasteiger partial charge in [0.05, 0.1) is 15.9 Å². The number of aromatic nitrogens is 2. The Balaban J connectivity index is 1.65. The molecule has 0 atom stereocenters. The largest absolute Gasteiger partial charge is 0.323 e. The van der Waals surface area contributed by atoms with Crippen molar-refractivity contribution >= 4 is 55.8 Å². The molecule has 132 valence electrons. The van der Waals surface area contributed by atoms with Crippen LogP contribution in [0.1, 0.15) is 19.8 Å². The number of carbonyl (C=O) groups excluding carboxylic acids is 2. The average molecular weight is 387 g/mol. The first-order valence-corrected chi connectivity index (χ1v) is 9.34. The SMILES string of the molecule is CC(=O)Nc1nc2ccc(-c3cnc(Cl)c(NC(=O)C4CC4)c3)cc2s1. The van der Waals surface area contributed by atoms with Crippen LogP contribution in [-0.2, 0) is 9.59 Å². The second kappa shape index (κ2) is 6.66. The molecule has 4 rings (SSSR count). The topological polar surface area (TPSA) is 84.0 Å². The van der Waals surface area contributed by atoms with Gasteiger partial charge in [-0.15, -0.1) is 0 Å². The first-order valence-electron chi connectivity index (χ1n) is 8.14. The molecule has 8 heteroatoms. The normalized spacial score (nSPS) is 13.6. The summed E-state index contributed by atoms with van der Waals surface area (Å²) in [6.07, 6.45) is 3.52. The molecule has 2 heterocycles. The van der Waals surface area contributed by atoms with E-state index in [9.17, 15) is 9.59 Å². The molecule has 0 radical (unpaired) electrons. The number of nitrogens with one attached hydrogen (secondary N) is 2. The molecule has 26 heavy (non-hydrogen) atoms. The summed E-state index contributed by atoms with van der Waals surface area (Å²) in [7, 11) is 0. The van der Waals surface area contributed by atoms with Crippen molar-refractivity contribution in [1.29, 1.82) is 0 Å². The first-order chi connectivity index (χ1) is 12.5. The first kappa shape index (κ1) is 16.9. The number of benzene rings is 1. The number of halogens is 1. The summed E-state index contributed by atoms with van der Waals surface area (Å²) in [6, 6.07) is 7.63. The smallest absolute Gasteiger partial charge is 0.227 e. The predicted octanol–water partition coefficient (Wildman–Crippen LogP) is 4.32. The van der Waals surface area contributed by atoms with E-state index in [-0.39, 0.29) is 22.9 Å². The van der Waals surface area contributed by atoms with Crippen molar-refractivity contribution < 1.29 is 9.59 Å². The molecule has 2 aromatic heterocycles. The Morgan fingerprint density at radius 1 is 1.19 bits per heavy atom. The van der Waals surface area contributed by atoms with Gasteiger partial charge in [0.1, 0.15) is 0 Å². The molecule has 0 unspecified atom stereocenters. The van der Waals surface area contributed by atoms with Crippen LogP contribution in [-0.4, -0.2) is 21.8 Å². The third kappa shape index (κ3) is 3.54. The van der Waals surface area contributed by atoms with Gasteiger partial charge in [0.25, 0.3) is 0 Å². The fourth-order valence-corrected chi connectivity index (χ4v) is 3.68. The van der Waals surface area contributed by atoms with Gasteiger partial charge in [-0.3, -0.25) is 9.59 Å². The zero-order chi connectivity index (χ0) is 18.3. The minimum absolute atomic E-state index is 0.0105. The van der Waals surface area contributed by atoms with E-state index in [1.165, 1.54) is 18.3 Å². The molecular weight excluding hydrogens is 372 g/mol. The Morgan fingerprint density at radius 2 is 2.00 bits per heavy atom. The van der Waals surface area contributed by atoms with E-state index >= 15 is 0 Å². The van der Waals surface area contributed by atoms with Gasteiger partial charge in [-0.2, -0.15) is 0 Å². The molecule has 0 aliphatic heterocycles. The summed E-state index contributed by atoms with van der Waals surface area (Å²) in [5.74, 6) is -0.0682. The van der Waals surface area contributed by atoms with Crippen molar-refractivity contribution in [2.75, 3.05) is 10.6 Å². The monoisotopic (exact) mass is 386 g/mol. The summed E-state index contributed by atoms with van der Waals surface area (Å²) in [5, 5.41) is 6.39. The van der Waals surface area contributed by atoms with Crippen LogP contribution >= 0.6 is 22.9 Å². The minimum atomic E-state index is -0.151. The number of nitrogens with zero attached hydrogens (tertiary/aromatic N) is 2. The fraction of sp³-hybridized carbons (Fsp3) is 0.222. The Morgan fingerprint density at radius 3 is 2.73 bits per heavy atom. The van der Waals surface area contributed by atoms with Crippen molar-refractivity contribution in [2.45, 2.75) is 19.8 Å². The van der Waals surface area contributed by atoms with Gasteiger partial charge >= 0.3 is 0 Å². The van der Waals surface area contributed by atoms with Gasteiger partial charge in [0, 0.05) is 24.6 Å². The van der Waals surface area contributed by atoms with E-state index in [1.54, 1.807) is 6.20 Å². The standard InChI is InChI=1S/C18H15ClN4O2S/c1-9(24)21-18-23-13-5-4-11(7-15(13)26-18)12-6-14(16(19)20-8-12)22-17(25)10-2-3-10/h4-8,10H,2-3H2,1H3,(H,22,25)(H,21,23,24). The lowest BCUT2D eigenvalue weighted by molar-refractivity contribution is -0.117. The molecule has 1 aliphatic rings. The van der Waals surface area contributed by atoms with Gasteiger partial charge in [-0.05, 0) is 36.6 Å². The molecule has 1 fully saturated rings. The maximum absolute atomic E-state index is 12.0. The summed E-state index contributed by atoms with van der Waals surface area (Å²) in [6.45, 7) is 1.45. The van der Waals surface area contributed by atoms with Gasteiger partial charge in [-0.25, -0.2) is 9.97 Å². The maximum atomic E-state index is 12.0. The Labute approximate surface area is 158 Å². The predicted molar refractivity (Wildman–Crippen MR) is 104 cm³/mol. The molecule has 3 aromatic rings. The highest BCUT2D eigenvalue weighted by atomic mass is 35.5. The van der Waals surface area contributed by atoms with Gasteiger partial charge in [0.2, 0.25) is 11.8 Å². The summed E-state index contributed by atoms with van der Waals surface area (Å²) in [4.78, 5) is 31.8. The zero-order valence-electron chi connectivity index (χ0n) is 13.9. The zero-order valence-corrected chi connectivity index (χ0v) is 15.4. The van der Waals surface area contributed by atoms with E-state index in [0.717, 1.165) is 34.2 Å². The number of rotatable bonds is 4. The van der Waals surface area contributed by atoms with Gasteiger partial charge in [-0.1, -0.05) is 29.0 Å². The number of pyridine rings is 1. The number of anilines is 2. The highest BCUT2D eigenvalue weighted by molar-refractivity contribution is 7.22. The molecule has 2 amide bonds. The molecule has 0 saturated heterocycles. The van der Waals surface area contributed by atoms with Crippen LogP contribution < -0.4 is 10.6 Å². The Hall–Kier alpha value is -2.51. The molecule has 1 aromatic carbocycles. The number of fused-ring (bicyclic) bond motifs is 1. The van der Waals surface area contributed by atoms with Crippen molar-refractivity contribution in [2.24, 2.45) is 5.92 Å². The molecule has 1 saturated carbocycles. The number of thiazole rings is 1. The van der Waals surface area contributed by atoms with Crippen LogP contribution in [0.3, 0.4) is 0 Å². The number of carbonyl (C=O) groups is 2. The van der Waals surface area contributed by atoms with Crippen LogP contribution in [0.2, 0.25) is 5.15 Å². The lowest BCUT2D eigenvalue weighted by atomic mass is 10.1. The number of amides is 2. The highest BCUT2D eigenvalue weighted by Gasteiger charge is 2.30. The Bertz CT molecular complexity index is 1030. The second-order valence-corrected chi connectivity index (χ2v) is 7.60. The van der Waals surface area contributed by atoms with Crippen LogP contribution in [0.4, 0.5) is 10.8 Å². The lowest BCUT2D eigenvalue weighted by Crippen LogP contribution is -2.13. The van der Waals surface area contributed by atoms with Crippen LogP contribution in [0.25, 0.3) is 21.3 Å². The average Bonchev–Trinajstić information content (AvgIpc) is 3.37. The molecule has 6 nitrogen and oxygen atoms in total. The summed E-state index contributed by atoms with van der Waals surface area (Å²) in [5.41, 5.74) is 3.11. The van der Waals surface area contributed by atoms with Crippen LogP contribution in [0.15, 0.2) is 30.5 Å². The molecule has 1 aliphatic carbocycles. The fourth-order valence-electron chi connectivity index (χ4n) is 2.58. The number of hydrogen-bond acceptors (Lipinski definition) is 5. The van der Waals surface area contributed by atoms with Crippen LogP contribution in [0, 0.1) is 5.92 Å².